The Morgan fingerprint density at radius 3 is 3.17 bits per heavy atom. The van der Waals surface area contributed by atoms with E-state index in [2.05, 4.69) is 5.32 Å². The molecule has 0 aliphatic carbocycles. The van der Waals surface area contributed by atoms with Crippen LogP contribution in [0, 0.1) is 5.92 Å². The van der Waals surface area contributed by atoms with Gasteiger partial charge in [0, 0.05) is 19.5 Å². The van der Waals surface area contributed by atoms with Crippen molar-refractivity contribution < 1.29 is 4.79 Å². The molecule has 2 saturated heterocycles. The number of rotatable bonds is 0. The zero-order chi connectivity index (χ0) is 8.55. The molecule has 3 nitrogen and oxygen atoms in total. The minimum Gasteiger partial charge on any atom is -0.342 e. The fourth-order valence-corrected chi connectivity index (χ4v) is 2.38. The van der Waals surface area contributed by atoms with Crippen LogP contribution in [0.3, 0.4) is 0 Å². The van der Waals surface area contributed by atoms with E-state index >= 15 is 0 Å². The van der Waals surface area contributed by atoms with Crippen LogP contribution in [0.15, 0.2) is 0 Å². The number of nitrogens with zero attached hydrogens (tertiary/aromatic N) is 1. The Hall–Kier alpha value is -0.570. The molecule has 0 unspecified atom stereocenters. The summed E-state index contributed by atoms with van der Waals surface area (Å²) in [5, 5.41) is 3.38. The molecule has 2 aliphatic rings. The standard InChI is InChI=1S/C9H16N2O/c1-11-8-4-5-10-6-7(8)2-3-9(11)12/h7-8,10H,2-6H2,1H3/t7-,8+/m0/s1. The molecular weight excluding hydrogens is 152 g/mol. The fraction of sp³-hybridized carbons (Fsp3) is 0.889. The van der Waals surface area contributed by atoms with Gasteiger partial charge in [-0.15, -0.1) is 0 Å². The molecule has 3 heteroatoms. The summed E-state index contributed by atoms with van der Waals surface area (Å²) < 4.78 is 0. The van der Waals surface area contributed by atoms with Gasteiger partial charge >= 0.3 is 0 Å². The molecule has 2 rings (SSSR count). The number of nitrogens with one attached hydrogen (secondary N) is 1. The van der Waals surface area contributed by atoms with Gasteiger partial charge in [0.25, 0.3) is 0 Å². The van der Waals surface area contributed by atoms with Gasteiger partial charge in [-0.1, -0.05) is 0 Å². The lowest BCUT2D eigenvalue weighted by atomic mass is 9.85. The van der Waals surface area contributed by atoms with Gasteiger partial charge in [-0.25, -0.2) is 0 Å². The second kappa shape index (κ2) is 3.05. The van der Waals surface area contributed by atoms with Crippen LogP contribution in [0.25, 0.3) is 0 Å². The van der Waals surface area contributed by atoms with Crippen LogP contribution in [-0.4, -0.2) is 37.0 Å². The summed E-state index contributed by atoms with van der Waals surface area (Å²) in [6.45, 7) is 2.17. The maximum atomic E-state index is 11.4. The van der Waals surface area contributed by atoms with E-state index in [4.69, 9.17) is 0 Å². The lowest BCUT2D eigenvalue weighted by molar-refractivity contribution is -0.137. The zero-order valence-electron chi connectivity index (χ0n) is 7.55. The van der Waals surface area contributed by atoms with E-state index in [1.807, 2.05) is 11.9 Å². The van der Waals surface area contributed by atoms with E-state index in [1.54, 1.807) is 0 Å². The highest BCUT2D eigenvalue weighted by Gasteiger charge is 2.34. The summed E-state index contributed by atoms with van der Waals surface area (Å²) in [5.41, 5.74) is 0. The lowest BCUT2D eigenvalue weighted by Gasteiger charge is -2.42. The first-order chi connectivity index (χ1) is 5.79. The largest absolute Gasteiger partial charge is 0.342 e. The summed E-state index contributed by atoms with van der Waals surface area (Å²) in [7, 11) is 1.95. The van der Waals surface area contributed by atoms with Crippen molar-refractivity contribution in [2.75, 3.05) is 20.1 Å². The third-order valence-electron chi connectivity index (χ3n) is 3.19. The number of hydrogen-bond acceptors (Lipinski definition) is 2. The number of amides is 1. The summed E-state index contributed by atoms with van der Waals surface area (Å²) >= 11 is 0. The predicted molar refractivity (Wildman–Crippen MR) is 46.8 cm³/mol. The highest BCUT2D eigenvalue weighted by atomic mass is 16.2. The Labute approximate surface area is 73.1 Å². The van der Waals surface area contributed by atoms with E-state index < -0.39 is 0 Å². The third kappa shape index (κ3) is 1.22. The van der Waals surface area contributed by atoms with Gasteiger partial charge in [-0.05, 0) is 31.8 Å². The number of piperidine rings is 2. The molecule has 0 saturated carbocycles. The molecule has 0 bridgehead atoms. The Morgan fingerprint density at radius 2 is 2.33 bits per heavy atom. The van der Waals surface area contributed by atoms with E-state index in [9.17, 15) is 4.79 Å². The molecule has 2 fully saturated rings. The molecule has 0 aromatic carbocycles. The van der Waals surface area contributed by atoms with Crippen molar-refractivity contribution >= 4 is 5.91 Å². The first-order valence-corrected chi connectivity index (χ1v) is 4.75. The van der Waals surface area contributed by atoms with Gasteiger partial charge in [-0.3, -0.25) is 4.79 Å². The third-order valence-corrected chi connectivity index (χ3v) is 3.19. The zero-order valence-corrected chi connectivity index (χ0v) is 7.55. The quantitative estimate of drug-likeness (QED) is 0.561. The highest BCUT2D eigenvalue weighted by Crippen LogP contribution is 2.26. The van der Waals surface area contributed by atoms with Crippen LogP contribution >= 0.6 is 0 Å². The molecule has 1 N–H and O–H groups in total. The number of carbonyl (C=O) groups is 1. The van der Waals surface area contributed by atoms with Gasteiger partial charge in [0.2, 0.25) is 5.91 Å². The van der Waals surface area contributed by atoms with Crippen molar-refractivity contribution in [3.05, 3.63) is 0 Å². The number of fused-ring (bicyclic) bond motifs is 1. The molecule has 1 amide bonds. The Bertz CT molecular complexity index is 193. The van der Waals surface area contributed by atoms with Gasteiger partial charge < -0.3 is 10.2 Å². The molecular formula is C9H16N2O. The summed E-state index contributed by atoms with van der Waals surface area (Å²) in [4.78, 5) is 13.3. The van der Waals surface area contributed by atoms with Gasteiger partial charge in [0.1, 0.15) is 0 Å². The molecule has 0 radical (unpaired) electrons. The smallest absolute Gasteiger partial charge is 0.222 e. The normalized spacial score (nSPS) is 36.4. The first-order valence-electron chi connectivity index (χ1n) is 4.75. The Morgan fingerprint density at radius 1 is 1.50 bits per heavy atom. The molecule has 2 atom stereocenters. The maximum absolute atomic E-state index is 11.4. The van der Waals surface area contributed by atoms with Crippen molar-refractivity contribution in [2.45, 2.75) is 25.3 Å². The van der Waals surface area contributed by atoms with Crippen LogP contribution < -0.4 is 5.32 Å². The minimum absolute atomic E-state index is 0.332. The number of carbonyl (C=O) groups excluding carboxylic acids is 1. The van der Waals surface area contributed by atoms with Gasteiger partial charge in [0.15, 0.2) is 0 Å². The van der Waals surface area contributed by atoms with Crippen molar-refractivity contribution in [1.82, 2.24) is 10.2 Å². The van der Waals surface area contributed by atoms with Crippen LogP contribution in [0.2, 0.25) is 0 Å². The van der Waals surface area contributed by atoms with Gasteiger partial charge in [-0.2, -0.15) is 0 Å². The van der Waals surface area contributed by atoms with Crippen molar-refractivity contribution in [3.63, 3.8) is 0 Å². The molecule has 0 spiro atoms. The summed E-state index contributed by atoms with van der Waals surface area (Å²) in [6, 6.07) is 0.521. The van der Waals surface area contributed by atoms with Crippen molar-refractivity contribution in [3.8, 4) is 0 Å². The monoisotopic (exact) mass is 168 g/mol. The van der Waals surface area contributed by atoms with Crippen LogP contribution in [0.1, 0.15) is 19.3 Å². The molecule has 68 valence electrons. The van der Waals surface area contributed by atoms with E-state index in [0.29, 0.717) is 17.9 Å². The maximum Gasteiger partial charge on any atom is 0.222 e. The van der Waals surface area contributed by atoms with E-state index in [1.165, 1.54) is 0 Å². The lowest BCUT2D eigenvalue weighted by Crippen LogP contribution is -2.53. The van der Waals surface area contributed by atoms with Crippen molar-refractivity contribution in [2.24, 2.45) is 5.92 Å². The number of hydrogen-bond donors (Lipinski definition) is 1. The SMILES string of the molecule is CN1C(=O)CC[C@H]2CNCC[C@H]21. The molecule has 2 heterocycles. The van der Waals surface area contributed by atoms with Crippen molar-refractivity contribution in [1.29, 1.82) is 0 Å². The molecule has 0 aromatic rings. The number of likely N-dealkylation sites (tertiary alicyclic amines) is 1. The highest BCUT2D eigenvalue weighted by molar-refractivity contribution is 5.77. The van der Waals surface area contributed by atoms with E-state index in [-0.39, 0.29) is 0 Å². The second-order valence-electron chi connectivity index (χ2n) is 3.86. The molecule has 2 aliphatic heterocycles. The fourth-order valence-electron chi connectivity index (χ4n) is 2.38. The topological polar surface area (TPSA) is 32.3 Å². The summed E-state index contributed by atoms with van der Waals surface area (Å²) in [6.07, 6.45) is 2.97. The second-order valence-corrected chi connectivity index (χ2v) is 3.86. The Balaban J connectivity index is 2.08. The molecule has 12 heavy (non-hydrogen) atoms. The summed E-state index contributed by atoms with van der Waals surface area (Å²) in [5.74, 6) is 1.04. The van der Waals surface area contributed by atoms with Crippen LogP contribution in [0.4, 0.5) is 0 Å². The Kier molecular flexibility index (Phi) is 2.05. The van der Waals surface area contributed by atoms with Crippen LogP contribution in [-0.2, 0) is 4.79 Å². The van der Waals surface area contributed by atoms with Crippen LogP contribution in [0.5, 0.6) is 0 Å². The average molecular weight is 168 g/mol. The average Bonchev–Trinajstić information content (AvgIpc) is 2.12. The van der Waals surface area contributed by atoms with E-state index in [0.717, 1.165) is 32.4 Å². The van der Waals surface area contributed by atoms with Gasteiger partial charge in [0.05, 0.1) is 0 Å². The first kappa shape index (κ1) is 8.05. The minimum atomic E-state index is 0.332. The molecule has 0 aromatic heterocycles. The predicted octanol–water partition coefficient (Wildman–Crippen LogP) is 0.217.